The summed E-state index contributed by atoms with van der Waals surface area (Å²) in [4.78, 5) is 27.6. The first kappa shape index (κ1) is 15.4. The Morgan fingerprint density at radius 3 is 2.68 bits per heavy atom. The highest BCUT2D eigenvalue weighted by Gasteiger charge is 2.22. The monoisotopic (exact) mass is 288 g/mol. The van der Waals surface area contributed by atoms with Crippen LogP contribution in [0.15, 0.2) is 12.3 Å². The van der Waals surface area contributed by atoms with Gasteiger partial charge in [-0.1, -0.05) is 25.4 Å². The molecule has 0 saturated carbocycles. The van der Waals surface area contributed by atoms with Crippen LogP contribution in [0.4, 0.5) is 4.39 Å². The van der Waals surface area contributed by atoms with E-state index in [1.165, 1.54) is 0 Å². The molecule has 1 heterocycles. The number of hydrogen-bond donors (Lipinski definition) is 1. The third-order valence-electron chi connectivity index (χ3n) is 2.23. The lowest BCUT2D eigenvalue weighted by atomic mass is 10.1. The van der Waals surface area contributed by atoms with Gasteiger partial charge in [-0.15, -0.1) is 0 Å². The van der Waals surface area contributed by atoms with Gasteiger partial charge in [0, 0.05) is 6.54 Å². The molecule has 0 saturated heterocycles. The summed E-state index contributed by atoms with van der Waals surface area (Å²) < 4.78 is 13.1. The number of aromatic nitrogens is 1. The van der Waals surface area contributed by atoms with Crippen molar-refractivity contribution >= 4 is 23.5 Å². The van der Waals surface area contributed by atoms with Gasteiger partial charge in [0.2, 0.25) is 0 Å². The molecule has 0 spiro atoms. The van der Waals surface area contributed by atoms with E-state index in [0.29, 0.717) is 0 Å². The van der Waals surface area contributed by atoms with Crippen molar-refractivity contribution in [2.75, 3.05) is 13.1 Å². The van der Waals surface area contributed by atoms with Crippen molar-refractivity contribution in [3.8, 4) is 0 Å². The standard InChI is InChI=1S/C12H14ClFN2O3/c1-7(2)5-16(6-10(17)18)12(19)9-3-8(14)4-15-11(9)13/h3-4,7H,5-6H2,1-2H3,(H,17,18). The van der Waals surface area contributed by atoms with Crippen molar-refractivity contribution in [2.24, 2.45) is 5.92 Å². The van der Waals surface area contributed by atoms with Gasteiger partial charge in [0.1, 0.15) is 17.5 Å². The van der Waals surface area contributed by atoms with Gasteiger partial charge < -0.3 is 10.0 Å². The topological polar surface area (TPSA) is 70.5 Å². The van der Waals surface area contributed by atoms with E-state index >= 15 is 0 Å². The number of carboxylic acids is 1. The summed E-state index contributed by atoms with van der Waals surface area (Å²) in [5.41, 5.74) is -0.136. The summed E-state index contributed by atoms with van der Waals surface area (Å²) in [5.74, 6) is -2.42. The fourth-order valence-corrected chi connectivity index (χ4v) is 1.75. The summed E-state index contributed by atoms with van der Waals surface area (Å²) in [5, 5.41) is 8.65. The molecule has 19 heavy (non-hydrogen) atoms. The molecule has 0 aliphatic carbocycles. The lowest BCUT2D eigenvalue weighted by molar-refractivity contribution is -0.137. The van der Waals surface area contributed by atoms with Crippen molar-refractivity contribution in [1.82, 2.24) is 9.88 Å². The summed E-state index contributed by atoms with van der Waals surface area (Å²) in [6.45, 7) is 3.45. The van der Waals surface area contributed by atoms with Crippen LogP contribution in [0.1, 0.15) is 24.2 Å². The molecule has 1 amide bonds. The molecular formula is C12H14ClFN2O3. The van der Waals surface area contributed by atoms with Gasteiger partial charge in [-0.3, -0.25) is 9.59 Å². The van der Waals surface area contributed by atoms with Crippen LogP contribution in [0.25, 0.3) is 0 Å². The number of carbonyl (C=O) groups is 2. The lowest BCUT2D eigenvalue weighted by Crippen LogP contribution is -2.38. The molecule has 1 aromatic rings. The fraction of sp³-hybridized carbons (Fsp3) is 0.417. The second-order valence-electron chi connectivity index (χ2n) is 4.47. The van der Waals surface area contributed by atoms with Crippen LogP contribution in [-0.4, -0.2) is 40.0 Å². The smallest absolute Gasteiger partial charge is 0.323 e. The van der Waals surface area contributed by atoms with Gasteiger partial charge in [-0.2, -0.15) is 0 Å². The third-order valence-corrected chi connectivity index (χ3v) is 2.54. The Kier molecular flexibility index (Phi) is 5.23. The maximum Gasteiger partial charge on any atom is 0.323 e. The number of nitrogens with zero attached hydrogens (tertiary/aromatic N) is 2. The second-order valence-corrected chi connectivity index (χ2v) is 4.82. The molecule has 104 valence electrons. The van der Waals surface area contributed by atoms with E-state index in [9.17, 15) is 14.0 Å². The molecule has 0 aliphatic rings. The molecule has 1 aromatic heterocycles. The van der Waals surface area contributed by atoms with Crippen molar-refractivity contribution < 1.29 is 19.1 Å². The number of pyridine rings is 1. The molecule has 0 radical (unpaired) electrons. The number of aliphatic carboxylic acids is 1. The SMILES string of the molecule is CC(C)CN(CC(=O)O)C(=O)c1cc(F)cnc1Cl. The Morgan fingerprint density at radius 1 is 1.53 bits per heavy atom. The van der Waals surface area contributed by atoms with Crippen LogP contribution in [-0.2, 0) is 4.79 Å². The molecule has 7 heteroatoms. The Labute approximate surface area is 115 Å². The molecule has 5 nitrogen and oxygen atoms in total. The highest BCUT2D eigenvalue weighted by Crippen LogP contribution is 2.17. The van der Waals surface area contributed by atoms with E-state index in [1.54, 1.807) is 0 Å². The van der Waals surface area contributed by atoms with Crippen molar-refractivity contribution in [3.05, 3.63) is 28.8 Å². The van der Waals surface area contributed by atoms with Gasteiger partial charge in [-0.05, 0) is 12.0 Å². The van der Waals surface area contributed by atoms with Crippen molar-refractivity contribution in [2.45, 2.75) is 13.8 Å². The maximum absolute atomic E-state index is 13.1. The van der Waals surface area contributed by atoms with Crippen molar-refractivity contribution in [1.29, 1.82) is 0 Å². The number of amides is 1. The second kappa shape index (κ2) is 6.47. The first-order valence-electron chi connectivity index (χ1n) is 5.63. The predicted octanol–water partition coefficient (Wildman–Crippen LogP) is 2.06. The molecule has 1 N–H and O–H groups in total. The first-order valence-corrected chi connectivity index (χ1v) is 6.01. The van der Waals surface area contributed by atoms with Gasteiger partial charge in [0.05, 0.1) is 11.8 Å². The van der Waals surface area contributed by atoms with Crippen LogP contribution in [0.5, 0.6) is 0 Å². The van der Waals surface area contributed by atoms with Gasteiger partial charge in [0.15, 0.2) is 0 Å². The zero-order valence-corrected chi connectivity index (χ0v) is 11.3. The summed E-state index contributed by atoms with van der Waals surface area (Å²) in [6.07, 6.45) is 0.892. The van der Waals surface area contributed by atoms with Gasteiger partial charge in [0.25, 0.3) is 5.91 Å². The van der Waals surface area contributed by atoms with E-state index in [2.05, 4.69) is 4.98 Å². The summed E-state index contributed by atoms with van der Waals surface area (Å²) in [7, 11) is 0. The van der Waals surface area contributed by atoms with Crippen LogP contribution in [0.3, 0.4) is 0 Å². The maximum atomic E-state index is 13.1. The normalized spacial score (nSPS) is 10.6. The van der Waals surface area contributed by atoms with Crippen LogP contribution in [0.2, 0.25) is 5.15 Å². The van der Waals surface area contributed by atoms with E-state index in [-0.39, 0.29) is 23.2 Å². The Bertz CT molecular complexity index is 494. The first-order chi connectivity index (χ1) is 8.81. The average molecular weight is 289 g/mol. The van der Waals surface area contributed by atoms with Crippen LogP contribution < -0.4 is 0 Å². The number of hydrogen-bond acceptors (Lipinski definition) is 3. The Hall–Kier alpha value is -1.69. The highest BCUT2D eigenvalue weighted by molar-refractivity contribution is 6.32. The molecule has 0 aliphatic heterocycles. The number of halogens is 2. The average Bonchev–Trinajstić information content (AvgIpc) is 2.29. The van der Waals surface area contributed by atoms with E-state index in [1.807, 2.05) is 13.8 Å². The third kappa shape index (κ3) is 4.48. The molecule has 1 rings (SSSR count). The number of rotatable bonds is 5. The number of carbonyl (C=O) groups excluding carboxylic acids is 1. The van der Waals surface area contributed by atoms with Gasteiger partial charge in [-0.25, -0.2) is 9.37 Å². The minimum absolute atomic E-state index is 0.0728. The van der Waals surface area contributed by atoms with E-state index in [4.69, 9.17) is 16.7 Å². The summed E-state index contributed by atoms with van der Waals surface area (Å²) >= 11 is 5.74. The van der Waals surface area contributed by atoms with Crippen molar-refractivity contribution in [3.63, 3.8) is 0 Å². The number of carboxylic acid groups (broad SMARTS) is 1. The molecule has 0 bridgehead atoms. The molecule has 0 fully saturated rings. The fourth-order valence-electron chi connectivity index (χ4n) is 1.57. The minimum Gasteiger partial charge on any atom is -0.480 e. The predicted molar refractivity (Wildman–Crippen MR) is 67.6 cm³/mol. The molecule has 0 unspecified atom stereocenters. The lowest BCUT2D eigenvalue weighted by Gasteiger charge is -2.23. The zero-order valence-electron chi connectivity index (χ0n) is 10.6. The van der Waals surface area contributed by atoms with E-state index < -0.39 is 24.2 Å². The minimum atomic E-state index is -1.14. The Balaban J connectivity index is 3.03. The van der Waals surface area contributed by atoms with Crippen LogP contribution >= 0.6 is 11.6 Å². The quantitative estimate of drug-likeness (QED) is 0.842. The highest BCUT2D eigenvalue weighted by atomic mass is 35.5. The molecule has 0 atom stereocenters. The molecular weight excluding hydrogens is 275 g/mol. The van der Waals surface area contributed by atoms with Gasteiger partial charge >= 0.3 is 5.97 Å². The summed E-state index contributed by atoms with van der Waals surface area (Å²) in [6, 6.07) is 0.951. The zero-order chi connectivity index (χ0) is 14.6. The molecule has 0 aromatic carbocycles. The largest absolute Gasteiger partial charge is 0.480 e. The van der Waals surface area contributed by atoms with E-state index in [0.717, 1.165) is 17.2 Å². The van der Waals surface area contributed by atoms with Crippen LogP contribution in [0, 0.1) is 11.7 Å². The Morgan fingerprint density at radius 2 is 2.16 bits per heavy atom.